The molecule has 0 aromatic carbocycles. The lowest BCUT2D eigenvalue weighted by atomic mass is 9.88. The van der Waals surface area contributed by atoms with E-state index in [-0.39, 0.29) is 0 Å². The van der Waals surface area contributed by atoms with E-state index in [0.29, 0.717) is 12.0 Å². The Bertz CT molecular complexity index is 197. The Morgan fingerprint density at radius 2 is 1.88 bits per heavy atom. The molecule has 0 aromatic heterocycles. The molecule has 0 amide bonds. The fraction of sp³-hybridized carbons (Fsp3) is 1.00. The molecular formula is C14H29NO. The van der Waals surface area contributed by atoms with Gasteiger partial charge >= 0.3 is 0 Å². The second kappa shape index (κ2) is 6.02. The molecule has 3 unspecified atom stereocenters. The van der Waals surface area contributed by atoms with Crippen LogP contribution in [0.4, 0.5) is 0 Å². The van der Waals surface area contributed by atoms with Gasteiger partial charge in [-0.2, -0.15) is 0 Å². The average Bonchev–Trinajstić information content (AvgIpc) is 2.78. The van der Waals surface area contributed by atoms with Gasteiger partial charge in [-0.3, -0.25) is 0 Å². The molecule has 0 saturated heterocycles. The third-order valence-corrected chi connectivity index (χ3v) is 4.56. The first-order valence-electron chi connectivity index (χ1n) is 6.93. The Morgan fingerprint density at radius 1 is 1.31 bits per heavy atom. The fourth-order valence-electron chi connectivity index (χ4n) is 2.61. The molecule has 0 aliphatic heterocycles. The smallest absolute Gasteiger partial charge is 0.0768 e. The van der Waals surface area contributed by atoms with Crippen LogP contribution < -0.4 is 5.32 Å². The standard InChI is InChI=1S/C14H29NO/c1-5-11(2)14(4,16)10-15-12(3)13-8-6-7-9-13/h11-13,15-16H,5-10H2,1-4H3. The van der Waals surface area contributed by atoms with Crippen LogP contribution in [0.5, 0.6) is 0 Å². The Hall–Kier alpha value is -0.0800. The van der Waals surface area contributed by atoms with Crippen molar-refractivity contribution in [2.24, 2.45) is 11.8 Å². The summed E-state index contributed by atoms with van der Waals surface area (Å²) < 4.78 is 0. The molecule has 2 nitrogen and oxygen atoms in total. The molecule has 2 N–H and O–H groups in total. The molecule has 1 saturated carbocycles. The predicted molar refractivity (Wildman–Crippen MR) is 69.5 cm³/mol. The number of rotatable bonds is 6. The van der Waals surface area contributed by atoms with Gasteiger partial charge in [0.1, 0.15) is 0 Å². The summed E-state index contributed by atoms with van der Waals surface area (Å²) in [5.74, 6) is 1.18. The minimum absolute atomic E-state index is 0.357. The normalized spacial score (nSPS) is 25.3. The van der Waals surface area contributed by atoms with Crippen LogP contribution in [-0.4, -0.2) is 23.3 Å². The summed E-state index contributed by atoms with van der Waals surface area (Å²) in [5.41, 5.74) is -0.568. The van der Waals surface area contributed by atoms with E-state index < -0.39 is 5.60 Å². The lowest BCUT2D eigenvalue weighted by molar-refractivity contribution is 0.00226. The van der Waals surface area contributed by atoms with Gasteiger partial charge in [-0.1, -0.05) is 33.1 Å². The van der Waals surface area contributed by atoms with Gasteiger partial charge in [-0.15, -0.1) is 0 Å². The van der Waals surface area contributed by atoms with Crippen molar-refractivity contribution in [1.29, 1.82) is 0 Å². The number of hydrogen-bond acceptors (Lipinski definition) is 2. The molecule has 1 rings (SSSR count). The van der Waals surface area contributed by atoms with Crippen molar-refractivity contribution >= 4 is 0 Å². The van der Waals surface area contributed by atoms with Gasteiger partial charge in [0.2, 0.25) is 0 Å². The minimum Gasteiger partial charge on any atom is -0.389 e. The van der Waals surface area contributed by atoms with Gasteiger partial charge in [0.05, 0.1) is 5.60 Å². The van der Waals surface area contributed by atoms with Crippen molar-refractivity contribution in [3.05, 3.63) is 0 Å². The Balaban J connectivity index is 2.32. The van der Waals surface area contributed by atoms with Crippen LogP contribution in [-0.2, 0) is 0 Å². The summed E-state index contributed by atoms with van der Waals surface area (Å²) in [6, 6.07) is 0.554. The maximum Gasteiger partial charge on any atom is 0.0768 e. The molecule has 0 heterocycles. The first-order valence-corrected chi connectivity index (χ1v) is 6.93. The monoisotopic (exact) mass is 227 g/mol. The van der Waals surface area contributed by atoms with E-state index in [1.807, 2.05) is 6.92 Å². The molecule has 1 aliphatic carbocycles. The van der Waals surface area contributed by atoms with Gasteiger partial charge < -0.3 is 10.4 Å². The summed E-state index contributed by atoms with van der Waals surface area (Å²) in [6.07, 6.45) is 6.53. The predicted octanol–water partition coefficient (Wildman–Crippen LogP) is 2.95. The highest BCUT2D eigenvalue weighted by molar-refractivity contribution is 4.84. The second-order valence-corrected chi connectivity index (χ2v) is 5.88. The van der Waals surface area contributed by atoms with E-state index in [1.54, 1.807) is 0 Å². The largest absolute Gasteiger partial charge is 0.389 e. The molecule has 2 heteroatoms. The third kappa shape index (κ3) is 3.74. The minimum atomic E-state index is -0.568. The number of nitrogens with one attached hydrogen (secondary N) is 1. The van der Waals surface area contributed by atoms with Crippen molar-refractivity contribution in [2.75, 3.05) is 6.54 Å². The molecule has 16 heavy (non-hydrogen) atoms. The molecule has 3 atom stereocenters. The highest BCUT2D eigenvalue weighted by atomic mass is 16.3. The van der Waals surface area contributed by atoms with Crippen LogP contribution >= 0.6 is 0 Å². The molecule has 0 bridgehead atoms. The molecule has 1 fully saturated rings. The Kier molecular flexibility index (Phi) is 5.26. The van der Waals surface area contributed by atoms with E-state index >= 15 is 0 Å². The topological polar surface area (TPSA) is 32.3 Å². The summed E-state index contributed by atoms with van der Waals surface area (Å²) in [6.45, 7) is 9.21. The quantitative estimate of drug-likeness (QED) is 0.731. The van der Waals surface area contributed by atoms with Crippen molar-refractivity contribution in [3.63, 3.8) is 0 Å². The summed E-state index contributed by atoms with van der Waals surface area (Å²) in [4.78, 5) is 0. The Labute approximate surface area is 101 Å². The highest BCUT2D eigenvalue weighted by Gasteiger charge is 2.29. The lowest BCUT2D eigenvalue weighted by Gasteiger charge is -2.32. The van der Waals surface area contributed by atoms with E-state index in [0.717, 1.165) is 18.9 Å². The van der Waals surface area contributed by atoms with E-state index in [4.69, 9.17) is 0 Å². The lowest BCUT2D eigenvalue weighted by Crippen LogP contribution is -2.47. The summed E-state index contributed by atoms with van der Waals surface area (Å²) in [5, 5.41) is 13.8. The average molecular weight is 227 g/mol. The van der Waals surface area contributed by atoms with Crippen LogP contribution in [0.3, 0.4) is 0 Å². The van der Waals surface area contributed by atoms with E-state index in [9.17, 15) is 5.11 Å². The van der Waals surface area contributed by atoms with Gasteiger partial charge in [0.25, 0.3) is 0 Å². The summed E-state index contributed by atoms with van der Waals surface area (Å²) in [7, 11) is 0. The van der Waals surface area contributed by atoms with E-state index in [1.165, 1.54) is 25.7 Å². The molecule has 0 radical (unpaired) electrons. The van der Waals surface area contributed by atoms with Gasteiger partial charge in [-0.05, 0) is 38.5 Å². The zero-order chi connectivity index (χ0) is 12.2. The van der Waals surface area contributed by atoms with Gasteiger partial charge in [-0.25, -0.2) is 0 Å². The van der Waals surface area contributed by atoms with Crippen molar-refractivity contribution in [2.45, 2.75) is 71.4 Å². The zero-order valence-electron chi connectivity index (χ0n) is 11.4. The van der Waals surface area contributed by atoms with Crippen LogP contribution in [0.15, 0.2) is 0 Å². The fourth-order valence-corrected chi connectivity index (χ4v) is 2.61. The van der Waals surface area contributed by atoms with Crippen LogP contribution in [0.2, 0.25) is 0 Å². The van der Waals surface area contributed by atoms with Crippen molar-refractivity contribution in [3.8, 4) is 0 Å². The number of aliphatic hydroxyl groups is 1. The third-order valence-electron chi connectivity index (χ3n) is 4.56. The molecule has 96 valence electrons. The van der Waals surface area contributed by atoms with Crippen LogP contribution in [0.25, 0.3) is 0 Å². The molecule has 0 spiro atoms. The van der Waals surface area contributed by atoms with Crippen LogP contribution in [0.1, 0.15) is 59.8 Å². The molecule has 1 aliphatic rings. The first-order chi connectivity index (χ1) is 7.47. The SMILES string of the molecule is CCC(C)C(C)(O)CNC(C)C1CCCC1. The Morgan fingerprint density at radius 3 is 2.38 bits per heavy atom. The van der Waals surface area contributed by atoms with Crippen molar-refractivity contribution < 1.29 is 5.11 Å². The highest BCUT2D eigenvalue weighted by Crippen LogP contribution is 2.28. The van der Waals surface area contributed by atoms with Crippen LogP contribution in [0, 0.1) is 11.8 Å². The summed E-state index contributed by atoms with van der Waals surface area (Å²) >= 11 is 0. The van der Waals surface area contributed by atoms with Crippen molar-refractivity contribution in [1.82, 2.24) is 5.32 Å². The van der Waals surface area contributed by atoms with E-state index in [2.05, 4.69) is 26.1 Å². The molecule has 0 aromatic rings. The number of hydrogen-bond donors (Lipinski definition) is 2. The maximum absolute atomic E-state index is 10.3. The second-order valence-electron chi connectivity index (χ2n) is 5.88. The first kappa shape index (κ1) is 14.0. The van der Waals surface area contributed by atoms with Gasteiger partial charge in [0.15, 0.2) is 0 Å². The zero-order valence-corrected chi connectivity index (χ0v) is 11.4. The molecular weight excluding hydrogens is 198 g/mol. The maximum atomic E-state index is 10.3. The van der Waals surface area contributed by atoms with Gasteiger partial charge in [0, 0.05) is 12.6 Å².